The molecular weight excluding hydrogens is 274 g/mol. The maximum absolute atomic E-state index is 3.43. The lowest BCUT2D eigenvalue weighted by atomic mass is 10.1. The van der Waals surface area contributed by atoms with E-state index in [4.69, 9.17) is 0 Å². The number of pyridine rings is 1. The number of benzene rings is 1. The van der Waals surface area contributed by atoms with Gasteiger partial charge in [0, 0.05) is 16.6 Å². The van der Waals surface area contributed by atoms with Crippen LogP contribution in [0.25, 0.3) is 12.2 Å². The van der Waals surface area contributed by atoms with E-state index in [-0.39, 0.29) is 0 Å². The largest absolute Gasteiger partial charge is 0.205 e. The fraction of sp³-hybridized carbons (Fsp3) is 0.133. The third kappa shape index (κ3) is 3.53. The lowest BCUT2D eigenvalue weighted by Gasteiger charge is -1.95. The standard InChI is InChI=1S/C15H15BrN/c1-2-17-11-9-14(10-12-17)4-3-13-5-7-15(16)8-6-13/h3-12H,2H2,1H3/q+1. The van der Waals surface area contributed by atoms with Crippen LogP contribution in [0.1, 0.15) is 18.1 Å². The van der Waals surface area contributed by atoms with Gasteiger partial charge < -0.3 is 0 Å². The van der Waals surface area contributed by atoms with Gasteiger partial charge in [0.05, 0.1) is 0 Å². The molecule has 0 saturated carbocycles. The van der Waals surface area contributed by atoms with E-state index in [1.54, 1.807) is 0 Å². The predicted octanol–water partition coefficient (Wildman–Crippen LogP) is 3.93. The lowest BCUT2D eigenvalue weighted by Crippen LogP contribution is -2.30. The van der Waals surface area contributed by atoms with Gasteiger partial charge in [-0.25, -0.2) is 4.57 Å². The van der Waals surface area contributed by atoms with Crippen molar-refractivity contribution in [3.05, 3.63) is 64.4 Å². The molecular formula is C15H15BrN+. The molecule has 0 aliphatic carbocycles. The third-order valence-electron chi connectivity index (χ3n) is 2.62. The van der Waals surface area contributed by atoms with Crippen molar-refractivity contribution in [2.75, 3.05) is 0 Å². The second kappa shape index (κ2) is 5.78. The molecule has 0 spiro atoms. The van der Waals surface area contributed by atoms with Gasteiger partial charge in [0.2, 0.25) is 0 Å². The van der Waals surface area contributed by atoms with Gasteiger partial charge in [-0.05, 0) is 30.2 Å². The summed E-state index contributed by atoms with van der Waals surface area (Å²) in [6.07, 6.45) is 8.45. The molecule has 0 radical (unpaired) electrons. The molecule has 2 rings (SSSR count). The topological polar surface area (TPSA) is 3.88 Å². The first-order chi connectivity index (χ1) is 8.28. The van der Waals surface area contributed by atoms with Crippen molar-refractivity contribution < 1.29 is 4.57 Å². The highest BCUT2D eigenvalue weighted by atomic mass is 79.9. The van der Waals surface area contributed by atoms with E-state index in [9.17, 15) is 0 Å². The number of rotatable bonds is 3. The monoisotopic (exact) mass is 288 g/mol. The van der Waals surface area contributed by atoms with E-state index < -0.39 is 0 Å². The van der Waals surface area contributed by atoms with Crippen LogP contribution in [-0.4, -0.2) is 0 Å². The smallest absolute Gasteiger partial charge is 0.169 e. The maximum atomic E-state index is 3.43. The normalized spacial score (nSPS) is 10.9. The minimum absolute atomic E-state index is 1.01. The summed E-state index contributed by atoms with van der Waals surface area (Å²) in [4.78, 5) is 0. The first kappa shape index (κ1) is 12.1. The van der Waals surface area contributed by atoms with Crippen LogP contribution in [0.2, 0.25) is 0 Å². The van der Waals surface area contributed by atoms with Crippen molar-refractivity contribution in [2.24, 2.45) is 0 Å². The van der Waals surface area contributed by atoms with Crippen LogP contribution in [0, 0.1) is 0 Å². The van der Waals surface area contributed by atoms with Crippen LogP contribution in [-0.2, 0) is 6.54 Å². The molecule has 0 fully saturated rings. The molecule has 0 aliphatic rings. The van der Waals surface area contributed by atoms with E-state index in [1.807, 2.05) is 0 Å². The fourth-order valence-electron chi connectivity index (χ4n) is 1.56. The molecule has 0 saturated heterocycles. The van der Waals surface area contributed by atoms with E-state index in [1.165, 1.54) is 11.1 Å². The summed E-state index contributed by atoms with van der Waals surface area (Å²) >= 11 is 3.43. The summed E-state index contributed by atoms with van der Waals surface area (Å²) in [5, 5.41) is 0. The maximum Gasteiger partial charge on any atom is 0.169 e. The van der Waals surface area contributed by atoms with Crippen LogP contribution in [0.4, 0.5) is 0 Å². The van der Waals surface area contributed by atoms with Crippen molar-refractivity contribution in [1.29, 1.82) is 0 Å². The van der Waals surface area contributed by atoms with Gasteiger partial charge in [-0.1, -0.05) is 40.2 Å². The van der Waals surface area contributed by atoms with Gasteiger partial charge in [-0.3, -0.25) is 0 Å². The van der Waals surface area contributed by atoms with Crippen LogP contribution in [0.5, 0.6) is 0 Å². The van der Waals surface area contributed by atoms with Gasteiger partial charge >= 0.3 is 0 Å². The average molecular weight is 289 g/mol. The summed E-state index contributed by atoms with van der Waals surface area (Å²) < 4.78 is 3.26. The number of nitrogens with zero attached hydrogens (tertiary/aromatic N) is 1. The number of aryl methyl sites for hydroxylation is 1. The number of aromatic nitrogens is 1. The number of halogens is 1. The molecule has 2 aromatic rings. The van der Waals surface area contributed by atoms with Gasteiger partial charge in [0.1, 0.15) is 6.54 Å². The van der Waals surface area contributed by atoms with Gasteiger partial charge in [0.25, 0.3) is 0 Å². The molecule has 0 bridgehead atoms. The summed E-state index contributed by atoms with van der Waals surface area (Å²) in [5.41, 5.74) is 2.43. The van der Waals surface area contributed by atoms with E-state index in [0.29, 0.717) is 0 Å². The number of hydrogen-bond acceptors (Lipinski definition) is 0. The molecule has 17 heavy (non-hydrogen) atoms. The Morgan fingerprint density at radius 3 is 2.00 bits per heavy atom. The van der Waals surface area contributed by atoms with Crippen LogP contribution < -0.4 is 4.57 Å². The third-order valence-corrected chi connectivity index (χ3v) is 3.15. The Hall–Kier alpha value is -1.41. The fourth-order valence-corrected chi connectivity index (χ4v) is 1.82. The molecule has 1 aromatic carbocycles. The molecule has 1 aromatic heterocycles. The highest BCUT2D eigenvalue weighted by Gasteiger charge is 1.94. The molecule has 0 N–H and O–H groups in total. The van der Waals surface area contributed by atoms with Crippen molar-refractivity contribution in [2.45, 2.75) is 13.5 Å². The first-order valence-electron chi connectivity index (χ1n) is 5.70. The second-order valence-corrected chi connectivity index (χ2v) is 4.76. The Balaban J connectivity index is 2.11. The predicted molar refractivity (Wildman–Crippen MR) is 75.4 cm³/mol. The Morgan fingerprint density at radius 2 is 1.47 bits per heavy atom. The molecule has 0 unspecified atom stereocenters. The molecule has 1 heterocycles. The Morgan fingerprint density at radius 1 is 0.941 bits per heavy atom. The summed E-state index contributed by atoms with van der Waals surface area (Å²) in [7, 11) is 0. The van der Waals surface area contributed by atoms with Gasteiger partial charge in [-0.15, -0.1) is 0 Å². The first-order valence-corrected chi connectivity index (χ1v) is 6.50. The minimum Gasteiger partial charge on any atom is -0.205 e. The lowest BCUT2D eigenvalue weighted by molar-refractivity contribution is -0.693. The van der Waals surface area contributed by atoms with Crippen LogP contribution in [0.3, 0.4) is 0 Å². The average Bonchev–Trinajstić information content (AvgIpc) is 2.39. The quantitative estimate of drug-likeness (QED) is 0.754. The van der Waals surface area contributed by atoms with Gasteiger partial charge in [0.15, 0.2) is 12.4 Å². The van der Waals surface area contributed by atoms with Crippen molar-refractivity contribution in [3.8, 4) is 0 Å². The van der Waals surface area contributed by atoms with Crippen molar-refractivity contribution >= 4 is 28.1 Å². The van der Waals surface area contributed by atoms with Gasteiger partial charge in [-0.2, -0.15) is 0 Å². The molecule has 0 aliphatic heterocycles. The Kier molecular flexibility index (Phi) is 4.10. The molecule has 1 nitrogen and oxygen atoms in total. The zero-order valence-corrected chi connectivity index (χ0v) is 11.4. The zero-order valence-electron chi connectivity index (χ0n) is 9.81. The molecule has 86 valence electrons. The zero-order chi connectivity index (χ0) is 12.1. The van der Waals surface area contributed by atoms with E-state index >= 15 is 0 Å². The Bertz CT molecular complexity index is 497. The van der Waals surface area contributed by atoms with Crippen molar-refractivity contribution in [1.82, 2.24) is 0 Å². The highest BCUT2D eigenvalue weighted by Crippen LogP contribution is 2.12. The van der Waals surface area contributed by atoms with Crippen LogP contribution in [0.15, 0.2) is 53.3 Å². The highest BCUT2D eigenvalue weighted by molar-refractivity contribution is 9.10. The SMILES string of the molecule is CC[n+]1ccc(C=Cc2ccc(Br)cc2)cc1. The van der Waals surface area contributed by atoms with E-state index in [2.05, 4.69) is 88.4 Å². The molecule has 0 amide bonds. The van der Waals surface area contributed by atoms with E-state index in [0.717, 1.165) is 11.0 Å². The second-order valence-electron chi connectivity index (χ2n) is 3.85. The summed E-state index contributed by atoms with van der Waals surface area (Å²) in [6.45, 7) is 3.15. The minimum atomic E-state index is 1.01. The Labute approximate surface area is 111 Å². The molecule has 0 atom stereocenters. The number of hydrogen-bond donors (Lipinski definition) is 0. The molecule has 2 heteroatoms. The summed E-state index contributed by atoms with van der Waals surface area (Å²) in [5.74, 6) is 0. The van der Waals surface area contributed by atoms with Crippen molar-refractivity contribution in [3.63, 3.8) is 0 Å². The van der Waals surface area contributed by atoms with Crippen LogP contribution >= 0.6 is 15.9 Å². The summed E-state index contributed by atoms with van der Waals surface area (Å²) in [6, 6.07) is 12.5.